The Labute approximate surface area is 228 Å². The van der Waals surface area contributed by atoms with Gasteiger partial charge in [0.15, 0.2) is 5.69 Å². The Morgan fingerprint density at radius 3 is 2.64 bits per heavy atom. The maximum atomic E-state index is 13.3. The van der Waals surface area contributed by atoms with Crippen LogP contribution in [0.3, 0.4) is 0 Å². The number of alkyl halides is 2. The Kier molecular flexibility index (Phi) is 8.47. The molecule has 204 valence electrons. The summed E-state index contributed by atoms with van der Waals surface area (Å²) in [4.78, 5) is 27.1. The largest absolute Gasteiger partial charge is 0.477 e. The Morgan fingerprint density at radius 1 is 1.28 bits per heavy atom. The summed E-state index contributed by atoms with van der Waals surface area (Å²) in [6, 6.07) is 12.3. The van der Waals surface area contributed by atoms with Gasteiger partial charge in [0.1, 0.15) is 11.8 Å². The van der Waals surface area contributed by atoms with E-state index >= 15 is 0 Å². The lowest BCUT2D eigenvalue weighted by atomic mass is 9.98. The highest BCUT2D eigenvalue weighted by atomic mass is 35.5. The highest BCUT2D eigenvalue weighted by molar-refractivity contribution is 6.31. The number of ether oxygens (including phenoxy) is 1. The third kappa shape index (κ3) is 6.19. The van der Waals surface area contributed by atoms with Crippen LogP contribution in [0.1, 0.15) is 63.1 Å². The average Bonchev–Trinajstić information content (AvgIpc) is 3.25. The summed E-state index contributed by atoms with van der Waals surface area (Å²) in [5.41, 5.74) is 2.45. The lowest BCUT2D eigenvalue weighted by molar-refractivity contribution is -0.0498. The second-order valence-corrected chi connectivity index (χ2v) is 9.63. The van der Waals surface area contributed by atoms with Gasteiger partial charge in [0.25, 0.3) is 5.91 Å². The maximum Gasteiger partial charge on any atom is 0.387 e. The number of carbonyl (C=O) groups excluding carboxylic acids is 1. The molecule has 1 aromatic heterocycles. The number of carboxylic acids is 1. The number of hydrogen-bond donors (Lipinski definition) is 2. The number of nitriles is 1. The SMILES string of the molecule is CC(NCCn1nc2c(c1C(=O)O)CN(C(=O)c1ccc(Cl)c(C#N)c1)[C@H](C)C2)c1ccc(OC(F)F)cc1. The molecule has 0 bridgehead atoms. The van der Waals surface area contributed by atoms with Crippen molar-refractivity contribution in [2.24, 2.45) is 0 Å². The number of aromatic nitrogens is 2. The normalized spacial score (nSPS) is 15.5. The summed E-state index contributed by atoms with van der Waals surface area (Å²) < 4.78 is 30.5. The molecule has 9 nitrogen and oxygen atoms in total. The lowest BCUT2D eigenvalue weighted by Gasteiger charge is -2.33. The first kappa shape index (κ1) is 28.0. The summed E-state index contributed by atoms with van der Waals surface area (Å²) in [6.07, 6.45) is 0.379. The van der Waals surface area contributed by atoms with Gasteiger partial charge in [-0.2, -0.15) is 19.1 Å². The number of aromatic carboxylic acids is 1. The van der Waals surface area contributed by atoms with E-state index in [0.29, 0.717) is 29.8 Å². The van der Waals surface area contributed by atoms with E-state index in [4.69, 9.17) is 11.6 Å². The maximum absolute atomic E-state index is 13.3. The van der Waals surface area contributed by atoms with Crippen LogP contribution >= 0.6 is 11.6 Å². The van der Waals surface area contributed by atoms with Gasteiger partial charge in [-0.3, -0.25) is 9.48 Å². The zero-order valence-electron chi connectivity index (χ0n) is 21.2. The van der Waals surface area contributed by atoms with E-state index in [1.165, 1.54) is 28.9 Å². The Hall–Kier alpha value is -4.01. The molecule has 0 saturated carbocycles. The van der Waals surface area contributed by atoms with Crippen molar-refractivity contribution in [3.8, 4) is 11.8 Å². The number of halogens is 3. The van der Waals surface area contributed by atoms with Crippen molar-refractivity contribution in [1.82, 2.24) is 20.0 Å². The molecule has 0 aliphatic carbocycles. The number of nitrogens with one attached hydrogen (secondary N) is 1. The third-order valence-corrected chi connectivity index (χ3v) is 6.99. The topological polar surface area (TPSA) is 120 Å². The minimum Gasteiger partial charge on any atom is -0.477 e. The van der Waals surface area contributed by atoms with Gasteiger partial charge in [0, 0.05) is 36.2 Å². The average molecular weight is 558 g/mol. The van der Waals surface area contributed by atoms with E-state index in [9.17, 15) is 28.7 Å². The first-order valence-electron chi connectivity index (χ1n) is 12.2. The highest BCUT2D eigenvalue weighted by Gasteiger charge is 2.34. The zero-order valence-corrected chi connectivity index (χ0v) is 22.0. The first-order chi connectivity index (χ1) is 18.6. The van der Waals surface area contributed by atoms with Crippen molar-refractivity contribution in [3.05, 3.63) is 81.1 Å². The number of benzene rings is 2. The fourth-order valence-electron chi connectivity index (χ4n) is 4.62. The van der Waals surface area contributed by atoms with Crippen LogP contribution in [0.15, 0.2) is 42.5 Å². The van der Waals surface area contributed by atoms with Gasteiger partial charge in [-0.15, -0.1) is 0 Å². The molecule has 2 aromatic carbocycles. The summed E-state index contributed by atoms with van der Waals surface area (Å²) in [5.74, 6) is -1.41. The second kappa shape index (κ2) is 11.8. The number of nitrogens with zero attached hydrogens (tertiary/aromatic N) is 4. The van der Waals surface area contributed by atoms with Gasteiger partial charge < -0.3 is 20.1 Å². The third-order valence-electron chi connectivity index (χ3n) is 6.66. The van der Waals surface area contributed by atoms with Crippen molar-refractivity contribution in [1.29, 1.82) is 5.26 Å². The minimum absolute atomic E-state index is 0.0199. The highest BCUT2D eigenvalue weighted by Crippen LogP contribution is 2.28. The quantitative estimate of drug-likeness (QED) is 0.393. The number of amides is 1. The molecule has 0 radical (unpaired) electrons. The standard InChI is InChI=1S/C27H26ClF2N5O4/c1-15-11-23-21(14-34(15)25(36)18-5-8-22(28)19(12-18)13-31)24(26(37)38)35(33-23)10-9-32-16(2)17-3-6-20(7-4-17)39-27(29)30/h3-8,12,15-16,27,32H,9-11,14H2,1-2H3,(H,37,38)/t15-,16?/m1/s1. The smallest absolute Gasteiger partial charge is 0.387 e. The van der Waals surface area contributed by atoms with Crippen molar-refractivity contribution in [2.75, 3.05) is 6.54 Å². The van der Waals surface area contributed by atoms with Crippen molar-refractivity contribution in [3.63, 3.8) is 0 Å². The number of hydrogen-bond acceptors (Lipinski definition) is 6. The Morgan fingerprint density at radius 2 is 2.00 bits per heavy atom. The van der Waals surface area contributed by atoms with Crippen LogP contribution in [0.4, 0.5) is 8.78 Å². The predicted octanol–water partition coefficient (Wildman–Crippen LogP) is 4.65. The molecule has 1 aliphatic rings. The number of carbonyl (C=O) groups is 2. The second-order valence-electron chi connectivity index (χ2n) is 9.22. The molecule has 0 spiro atoms. The Balaban J connectivity index is 1.47. The number of rotatable bonds is 9. The molecule has 4 rings (SSSR count). The van der Waals surface area contributed by atoms with E-state index in [1.807, 2.05) is 19.9 Å². The van der Waals surface area contributed by atoms with Gasteiger partial charge in [0.2, 0.25) is 0 Å². The van der Waals surface area contributed by atoms with Gasteiger partial charge >= 0.3 is 12.6 Å². The van der Waals surface area contributed by atoms with Gasteiger partial charge in [-0.1, -0.05) is 23.7 Å². The first-order valence-corrected chi connectivity index (χ1v) is 12.6. The summed E-state index contributed by atoms with van der Waals surface area (Å²) in [6.45, 7) is 1.58. The summed E-state index contributed by atoms with van der Waals surface area (Å²) >= 11 is 6.00. The van der Waals surface area contributed by atoms with Crippen molar-refractivity contribution >= 4 is 23.5 Å². The summed E-state index contributed by atoms with van der Waals surface area (Å²) in [5, 5.41) is 27.3. The van der Waals surface area contributed by atoms with E-state index in [-0.39, 0.29) is 53.1 Å². The predicted molar refractivity (Wildman–Crippen MR) is 138 cm³/mol. The fourth-order valence-corrected chi connectivity index (χ4v) is 4.78. The zero-order chi connectivity index (χ0) is 28.3. The molecule has 3 aromatic rings. The van der Waals surface area contributed by atoms with Crippen molar-refractivity contribution < 1.29 is 28.2 Å². The molecule has 12 heteroatoms. The molecule has 2 N–H and O–H groups in total. The van der Waals surface area contributed by atoms with Crippen LogP contribution in [-0.2, 0) is 19.5 Å². The number of carboxylic acid groups (broad SMARTS) is 1. The molecule has 1 unspecified atom stereocenters. The molecule has 1 amide bonds. The van der Waals surface area contributed by atoms with Crippen LogP contribution in [0, 0.1) is 11.3 Å². The Bertz CT molecular complexity index is 1420. The van der Waals surface area contributed by atoms with Crippen LogP contribution in [0.5, 0.6) is 5.75 Å². The van der Waals surface area contributed by atoms with Crippen LogP contribution in [0.2, 0.25) is 5.02 Å². The van der Waals surface area contributed by atoms with E-state index in [1.54, 1.807) is 23.1 Å². The molecule has 39 heavy (non-hydrogen) atoms. The molecular formula is C27H26ClF2N5O4. The van der Waals surface area contributed by atoms with Crippen LogP contribution in [-0.4, -0.2) is 50.9 Å². The summed E-state index contributed by atoms with van der Waals surface area (Å²) in [7, 11) is 0. The molecule has 0 fully saturated rings. The van der Waals surface area contributed by atoms with Gasteiger partial charge in [0.05, 0.1) is 29.4 Å². The van der Waals surface area contributed by atoms with Gasteiger partial charge in [-0.25, -0.2) is 4.79 Å². The fraction of sp³-hybridized carbons (Fsp3) is 0.333. The van der Waals surface area contributed by atoms with Crippen molar-refractivity contribution in [2.45, 2.75) is 52.1 Å². The number of fused-ring (bicyclic) bond motifs is 1. The lowest BCUT2D eigenvalue weighted by Crippen LogP contribution is -2.42. The monoisotopic (exact) mass is 557 g/mol. The van der Waals surface area contributed by atoms with E-state index < -0.39 is 12.6 Å². The van der Waals surface area contributed by atoms with E-state index in [0.717, 1.165) is 5.56 Å². The van der Waals surface area contributed by atoms with Crippen LogP contribution < -0.4 is 10.1 Å². The minimum atomic E-state index is -2.89. The molecule has 2 heterocycles. The molecule has 0 saturated heterocycles. The molecular weight excluding hydrogens is 532 g/mol. The molecule has 1 aliphatic heterocycles. The van der Waals surface area contributed by atoms with Crippen LogP contribution in [0.25, 0.3) is 0 Å². The molecule has 2 atom stereocenters. The van der Waals surface area contributed by atoms with E-state index in [2.05, 4.69) is 15.2 Å². The van der Waals surface area contributed by atoms with Gasteiger partial charge in [-0.05, 0) is 49.7 Å².